The van der Waals surface area contributed by atoms with Gasteiger partial charge in [-0.15, -0.1) is 0 Å². The fourth-order valence-electron chi connectivity index (χ4n) is 6.31. The molecule has 2 atom stereocenters. The number of nitrogens with zero attached hydrogens (tertiary/aromatic N) is 7. The van der Waals surface area contributed by atoms with E-state index in [1.807, 2.05) is 36.4 Å². The number of rotatable bonds is 4. The molecule has 2 bridgehead atoms. The first kappa shape index (κ1) is 25.8. The number of amides is 1. The van der Waals surface area contributed by atoms with Crippen LogP contribution in [-0.2, 0) is 12.0 Å². The molecule has 1 unspecified atom stereocenters. The third-order valence-electron chi connectivity index (χ3n) is 8.37. The number of aromatic hydroxyl groups is 1. The van der Waals surface area contributed by atoms with Crippen LogP contribution < -0.4 is 5.69 Å². The molecular weight excluding hydrogens is 530 g/mol. The Morgan fingerprint density at radius 2 is 1.90 bits per heavy atom. The maximum atomic E-state index is 14.2. The van der Waals surface area contributed by atoms with Gasteiger partial charge in [-0.1, -0.05) is 51.1 Å². The lowest BCUT2D eigenvalue weighted by atomic mass is 9.92. The minimum absolute atomic E-state index is 0.180. The van der Waals surface area contributed by atoms with E-state index < -0.39 is 6.04 Å². The van der Waals surface area contributed by atoms with E-state index >= 15 is 0 Å². The number of nitriles is 1. The van der Waals surface area contributed by atoms with Crippen molar-refractivity contribution in [2.75, 3.05) is 6.54 Å². The maximum Gasteiger partial charge on any atom is 0.336 e. The number of fused-ring (bicyclic) bond motifs is 6. The summed E-state index contributed by atoms with van der Waals surface area (Å²) in [7, 11) is 0. The fourth-order valence-corrected chi connectivity index (χ4v) is 6.31. The zero-order valence-corrected chi connectivity index (χ0v) is 23.5. The molecular formula is C32H29N7O3. The molecule has 210 valence electrons. The third kappa shape index (κ3) is 3.77. The molecule has 10 heteroatoms. The summed E-state index contributed by atoms with van der Waals surface area (Å²) in [6, 6.07) is 19.9. The number of carbonyl (C=O) groups is 1. The SMILES string of the molecule is CC(C)(C)c1cc(C(=O)N2C[C@H]3CC2c2c(O)n(-c4ccc(C#N)c5ncccc45)c(=O)n23)n(Cc2ccccc2)n1. The van der Waals surface area contributed by atoms with Crippen molar-refractivity contribution in [1.82, 2.24) is 28.8 Å². The molecule has 7 rings (SSSR count). The van der Waals surface area contributed by atoms with Crippen molar-refractivity contribution >= 4 is 16.8 Å². The van der Waals surface area contributed by atoms with Gasteiger partial charge in [-0.2, -0.15) is 10.4 Å². The number of hydrogen-bond acceptors (Lipinski definition) is 6. The normalized spacial score (nSPS) is 17.5. The molecule has 2 aromatic carbocycles. The lowest BCUT2D eigenvalue weighted by Crippen LogP contribution is -2.38. The molecule has 0 radical (unpaired) electrons. The first-order valence-corrected chi connectivity index (χ1v) is 13.9. The lowest BCUT2D eigenvalue weighted by molar-refractivity contribution is 0.0699. The highest BCUT2D eigenvalue weighted by atomic mass is 16.3. The monoisotopic (exact) mass is 559 g/mol. The Balaban J connectivity index is 1.29. The Labute approximate surface area is 241 Å². The molecule has 3 aromatic heterocycles. The van der Waals surface area contributed by atoms with Gasteiger partial charge in [0.05, 0.1) is 41.1 Å². The smallest absolute Gasteiger partial charge is 0.336 e. The van der Waals surface area contributed by atoms with Gasteiger partial charge in [0.15, 0.2) is 0 Å². The van der Waals surface area contributed by atoms with E-state index in [1.54, 1.807) is 44.6 Å². The van der Waals surface area contributed by atoms with Crippen molar-refractivity contribution in [1.29, 1.82) is 5.26 Å². The van der Waals surface area contributed by atoms with Gasteiger partial charge in [-0.05, 0) is 42.3 Å². The predicted molar refractivity (Wildman–Crippen MR) is 156 cm³/mol. The van der Waals surface area contributed by atoms with Crippen LogP contribution in [0.5, 0.6) is 5.88 Å². The van der Waals surface area contributed by atoms with E-state index in [4.69, 9.17) is 5.10 Å². The number of benzene rings is 2. The maximum absolute atomic E-state index is 14.2. The number of aromatic nitrogens is 5. The first-order valence-electron chi connectivity index (χ1n) is 13.9. The van der Waals surface area contributed by atoms with Crippen molar-refractivity contribution in [3.05, 3.63) is 106 Å². The average Bonchev–Trinajstić information content (AvgIpc) is 3.75. The highest BCUT2D eigenvalue weighted by molar-refractivity contribution is 5.94. The van der Waals surface area contributed by atoms with E-state index in [0.717, 1.165) is 11.3 Å². The van der Waals surface area contributed by atoms with Crippen molar-refractivity contribution in [2.45, 2.75) is 51.2 Å². The summed E-state index contributed by atoms with van der Waals surface area (Å²) in [4.78, 5) is 34.0. The Bertz CT molecular complexity index is 1990. The van der Waals surface area contributed by atoms with Crippen molar-refractivity contribution in [3.63, 3.8) is 0 Å². The van der Waals surface area contributed by atoms with Crippen LogP contribution in [0.2, 0.25) is 0 Å². The van der Waals surface area contributed by atoms with Gasteiger partial charge in [-0.25, -0.2) is 9.36 Å². The van der Waals surface area contributed by atoms with E-state index in [9.17, 15) is 20.0 Å². The zero-order chi connectivity index (χ0) is 29.3. The van der Waals surface area contributed by atoms with Crippen LogP contribution in [0.4, 0.5) is 0 Å². The Hall–Kier alpha value is -5.17. The standard InChI is InChI=1S/C32H29N7O3/c1-32(2,3)26-15-25(37(35-26)17-19-8-5-4-6-9-19)29(40)36-18-21-14-24(36)28-30(41)39(31(42)38(21)28)23-12-11-20(16-33)27-22(23)10-7-13-34-27/h4-13,15,21,24,41H,14,17-18H2,1-3H3/t21-,24?/m1/s1. The van der Waals surface area contributed by atoms with E-state index in [-0.39, 0.29) is 28.9 Å². The van der Waals surface area contributed by atoms with E-state index in [2.05, 4.69) is 31.8 Å². The number of carbonyl (C=O) groups excluding carboxylic acids is 1. The van der Waals surface area contributed by atoms with Gasteiger partial charge in [0, 0.05) is 23.5 Å². The average molecular weight is 560 g/mol. The fraction of sp³-hybridized carbons (Fsp3) is 0.281. The Kier molecular flexibility index (Phi) is 5.63. The van der Waals surface area contributed by atoms with Crippen LogP contribution in [0.25, 0.3) is 16.6 Å². The number of imidazole rings is 1. The molecule has 42 heavy (non-hydrogen) atoms. The minimum Gasteiger partial charge on any atom is -0.493 e. The summed E-state index contributed by atoms with van der Waals surface area (Å²) < 4.78 is 4.65. The largest absolute Gasteiger partial charge is 0.493 e. The van der Waals surface area contributed by atoms with Crippen LogP contribution in [0.1, 0.15) is 72.3 Å². The molecule has 0 aliphatic carbocycles. The van der Waals surface area contributed by atoms with Gasteiger partial charge >= 0.3 is 5.69 Å². The van der Waals surface area contributed by atoms with Gasteiger partial charge in [0.2, 0.25) is 5.88 Å². The molecule has 10 nitrogen and oxygen atoms in total. The van der Waals surface area contributed by atoms with Crippen LogP contribution >= 0.6 is 0 Å². The molecule has 1 saturated heterocycles. The van der Waals surface area contributed by atoms with Gasteiger partial charge in [0.25, 0.3) is 5.91 Å². The highest BCUT2D eigenvalue weighted by Crippen LogP contribution is 2.49. The highest BCUT2D eigenvalue weighted by Gasteiger charge is 2.50. The van der Waals surface area contributed by atoms with Crippen molar-refractivity contribution in [3.8, 4) is 17.6 Å². The summed E-state index contributed by atoms with van der Waals surface area (Å²) in [5.41, 5.74) is 3.41. The number of pyridine rings is 1. The van der Waals surface area contributed by atoms with Crippen LogP contribution in [0, 0.1) is 11.3 Å². The molecule has 1 N–H and O–H groups in total. The van der Waals surface area contributed by atoms with E-state index in [0.29, 0.717) is 53.1 Å². The van der Waals surface area contributed by atoms with Gasteiger partial charge < -0.3 is 10.0 Å². The second-order valence-electron chi connectivity index (χ2n) is 12.0. The van der Waals surface area contributed by atoms with Crippen LogP contribution in [0.3, 0.4) is 0 Å². The Morgan fingerprint density at radius 1 is 1.12 bits per heavy atom. The molecule has 0 saturated carbocycles. The zero-order valence-electron chi connectivity index (χ0n) is 23.5. The summed E-state index contributed by atoms with van der Waals surface area (Å²) in [5, 5.41) is 26.5. The molecule has 2 aliphatic heterocycles. The van der Waals surface area contributed by atoms with Gasteiger partial charge in [-0.3, -0.25) is 19.0 Å². The topological polar surface area (TPSA) is 122 Å². The molecule has 1 amide bonds. The second-order valence-corrected chi connectivity index (χ2v) is 12.0. The third-order valence-corrected chi connectivity index (χ3v) is 8.37. The summed E-state index contributed by atoms with van der Waals surface area (Å²) in [5.74, 6) is -0.381. The summed E-state index contributed by atoms with van der Waals surface area (Å²) in [6.45, 7) is 7.01. The number of likely N-dealkylation sites (tertiary alicyclic amines) is 1. The summed E-state index contributed by atoms with van der Waals surface area (Å²) >= 11 is 0. The van der Waals surface area contributed by atoms with Crippen LogP contribution in [-0.4, -0.2) is 46.4 Å². The molecule has 1 fully saturated rings. The molecule has 0 spiro atoms. The molecule has 5 heterocycles. The first-order chi connectivity index (χ1) is 20.2. The second kappa shape index (κ2) is 9.17. The minimum atomic E-state index is -0.461. The molecule has 2 aliphatic rings. The quantitative estimate of drug-likeness (QED) is 0.347. The lowest BCUT2D eigenvalue weighted by Gasteiger charge is -2.27. The van der Waals surface area contributed by atoms with Crippen LogP contribution in [0.15, 0.2) is 71.7 Å². The van der Waals surface area contributed by atoms with Gasteiger partial charge in [0.1, 0.15) is 17.5 Å². The van der Waals surface area contributed by atoms with Crippen molar-refractivity contribution in [2.24, 2.45) is 0 Å². The Morgan fingerprint density at radius 3 is 2.64 bits per heavy atom. The summed E-state index contributed by atoms with van der Waals surface area (Å²) in [6.07, 6.45) is 2.14. The predicted octanol–water partition coefficient (Wildman–Crippen LogP) is 4.45. The number of hydrogen-bond donors (Lipinski definition) is 1. The molecule has 5 aromatic rings. The van der Waals surface area contributed by atoms with Crippen molar-refractivity contribution < 1.29 is 9.90 Å². The van der Waals surface area contributed by atoms with E-state index in [1.165, 1.54) is 4.57 Å².